The van der Waals surface area contributed by atoms with Crippen molar-refractivity contribution in [2.75, 3.05) is 27.4 Å². The highest BCUT2D eigenvalue weighted by Crippen LogP contribution is 2.18. The number of ketones is 1. The monoisotopic (exact) mass is 385 g/mol. The minimum absolute atomic E-state index is 0.0540. The van der Waals surface area contributed by atoms with E-state index in [0.29, 0.717) is 23.6 Å². The highest BCUT2D eigenvalue weighted by molar-refractivity contribution is 5.94. The Morgan fingerprint density at radius 3 is 2.29 bits per heavy atom. The van der Waals surface area contributed by atoms with Crippen LogP contribution in [0.25, 0.3) is 0 Å². The van der Waals surface area contributed by atoms with Gasteiger partial charge in [-0.15, -0.1) is 0 Å². The molecular formula is C21H23NO6. The molecule has 7 nitrogen and oxygen atoms in total. The molecule has 2 rings (SSSR count). The fraction of sp³-hybridized carbons (Fsp3) is 0.286. The first-order valence-corrected chi connectivity index (χ1v) is 8.66. The first-order valence-electron chi connectivity index (χ1n) is 8.66. The number of esters is 1. The molecule has 0 radical (unpaired) electrons. The predicted molar refractivity (Wildman–Crippen MR) is 102 cm³/mol. The molecule has 1 amide bonds. The SMILES string of the molecule is COc1ccccc1CN(C)C(=O)COC(=O)COc1ccc(C(C)=O)cc1. The topological polar surface area (TPSA) is 82.1 Å². The molecular weight excluding hydrogens is 362 g/mol. The molecule has 28 heavy (non-hydrogen) atoms. The molecule has 0 spiro atoms. The van der Waals surface area contributed by atoms with Gasteiger partial charge in [0.15, 0.2) is 19.0 Å². The van der Waals surface area contributed by atoms with Crippen molar-refractivity contribution in [2.24, 2.45) is 0 Å². The smallest absolute Gasteiger partial charge is 0.344 e. The summed E-state index contributed by atoms with van der Waals surface area (Å²) in [4.78, 5) is 36.6. The van der Waals surface area contributed by atoms with Crippen LogP contribution in [-0.2, 0) is 20.9 Å². The number of amides is 1. The Kier molecular flexibility index (Phi) is 7.56. The Balaban J connectivity index is 1.76. The molecule has 0 saturated carbocycles. The minimum Gasteiger partial charge on any atom is -0.496 e. The van der Waals surface area contributed by atoms with E-state index in [1.54, 1.807) is 38.4 Å². The normalized spacial score (nSPS) is 10.1. The highest BCUT2D eigenvalue weighted by atomic mass is 16.6. The Hall–Kier alpha value is -3.35. The van der Waals surface area contributed by atoms with Gasteiger partial charge in [-0.1, -0.05) is 18.2 Å². The van der Waals surface area contributed by atoms with Crippen LogP contribution < -0.4 is 9.47 Å². The number of ether oxygens (including phenoxy) is 3. The summed E-state index contributed by atoms with van der Waals surface area (Å²) >= 11 is 0. The summed E-state index contributed by atoms with van der Waals surface area (Å²) in [5.74, 6) is 0.0615. The van der Waals surface area contributed by atoms with Gasteiger partial charge in [0.1, 0.15) is 11.5 Å². The average molecular weight is 385 g/mol. The van der Waals surface area contributed by atoms with Gasteiger partial charge in [-0.25, -0.2) is 4.79 Å². The summed E-state index contributed by atoms with van der Waals surface area (Å²) in [6.07, 6.45) is 0. The largest absolute Gasteiger partial charge is 0.496 e. The van der Waals surface area contributed by atoms with Crippen molar-refractivity contribution in [3.63, 3.8) is 0 Å². The first kappa shape index (κ1) is 21.0. The third-order valence-electron chi connectivity index (χ3n) is 4.00. The van der Waals surface area contributed by atoms with Crippen LogP contribution in [0.1, 0.15) is 22.8 Å². The molecule has 0 aromatic heterocycles. The van der Waals surface area contributed by atoms with Gasteiger partial charge in [0.2, 0.25) is 0 Å². The number of para-hydroxylation sites is 1. The number of methoxy groups -OCH3 is 1. The first-order chi connectivity index (χ1) is 13.4. The van der Waals surface area contributed by atoms with Crippen LogP contribution in [0.15, 0.2) is 48.5 Å². The Morgan fingerprint density at radius 2 is 1.64 bits per heavy atom. The number of benzene rings is 2. The van der Waals surface area contributed by atoms with E-state index in [4.69, 9.17) is 14.2 Å². The lowest BCUT2D eigenvalue weighted by molar-refractivity contribution is -0.153. The second-order valence-electron chi connectivity index (χ2n) is 6.09. The maximum atomic E-state index is 12.2. The van der Waals surface area contributed by atoms with Crippen LogP contribution >= 0.6 is 0 Å². The maximum absolute atomic E-state index is 12.2. The van der Waals surface area contributed by atoms with Gasteiger partial charge in [0.05, 0.1) is 7.11 Å². The number of nitrogens with zero attached hydrogens (tertiary/aromatic N) is 1. The van der Waals surface area contributed by atoms with Gasteiger partial charge in [0.25, 0.3) is 5.91 Å². The number of rotatable bonds is 9. The summed E-state index contributed by atoms with van der Waals surface area (Å²) in [7, 11) is 3.19. The highest BCUT2D eigenvalue weighted by Gasteiger charge is 2.14. The molecule has 7 heteroatoms. The lowest BCUT2D eigenvalue weighted by atomic mass is 10.1. The Morgan fingerprint density at radius 1 is 0.964 bits per heavy atom. The number of Topliss-reactive ketones (excluding diaryl/α,β-unsaturated/α-hetero) is 1. The fourth-order valence-electron chi connectivity index (χ4n) is 2.40. The van der Waals surface area contributed by atoms with E-state index < -0.39 is 5.97 Å². The van der Waals surface area contributed by atoms with Gasteiger partial charge in [-0.2, -0.15) is 0 Å². The van der Waals surface area contributed by atoms with Crippen molar-refractivity contribution < 1.29 is 28.6 Å². The van der Waals surface area contributed by atoms with E-state index in [2.05, 4.69) is 0 Å². The minimum atomic E-state index is -0.658. The van der Waals surface area contributed by atoms with Crippen molar-refractivity contribution in [2.45, 2.75) is 13.5 Å². The summed E-state index contributed by atoms with van der Waals surface area (Å²) < 4.78 is 15.5. The molecule has 0 saturated heterocycles. The number of likely N-dealkylation sites (N-methyl/N-ethyl adjacent to an activating group) is 1. The van der Waals surface area contributed by atoms with E-state index in [-0.39, 0.29) is 24.9 Å². The Labute approximate surface area is 163 Å². The van der Waals surface area contributed by atoms with Crippen molar-refractivity contribution in [1.82, 2.24) is 4.90 Å². The van der Waals surface area contributed by atoms with Gasteiger partial charge < -0.3 is 19.1 Å². The van der Waals surface area contributed by atoms with Gasteiger partial charge in [-0.3, -0.25) is 9.59 Å². The Bertz CT molecular complexity index is 831. The molecule has 0 aliphatic carbocycles. The predicted octanol–water partition coefficient (Wildman–Crippen LogP) is 2.48. The second kappa shape index (κ2) is 10.1. The van der Waals surface area contributed by atoms with Crippen LogP contribution in [0.3, 0.4) is 0 Å². The van der Waals surface area contributed by atoms with E-state index in [0.717, 1.165) is 5.56 Å². The van der Waals surface area contributed by atoms with Crippen LogP contribution in [0.4, 0.5) is 0 Å². The zero-order valence-corrected chi connectivity index (χ0v) is 16.1. The molecule has 0 aliphatic heterocycles. The van der Waals surface area contributed by atoms with E-state index in [1.807, 2.05) is 24.3 Å². The fourth-order valence-corrected chi connectivity index (χ4v) is 2.40. The molecule has 0 aliphatic rings. The number of hydrogen-bond acceptors (Lipinski definition) is 6. The van der Waals surface area contributed by atoms with Crippen molar-refractivity contribution in [1.29, 1.82) is 0 Å². The number of hydrogen-bond donors (Lipinski definition) is 0. The molecule has 0 fully saturated rings. The summed E-state index contributed by atoms with van der Waals surface area (Å²) in [6.45, 7) is 1.09. The molecule has 0 heterocycles. The molecule has 0 atom stereocenters. The summed E-state index contributed by atoms with van der Waals surface area (Å²) in [5.41, 5.74) is 1.41. The van der Waals surface area contributed by atoms with Gasteiger partial charge >= 0.3 is 5.97 Å². The summed E-state index contributed by atoms with van der Waals surface area (Å²) in [5, 5.41) is 0. The molecule has 2 aromatic carbocycles. The van der Waals surface area contributed by atoms with Crippen LogP contribution in [0.2, 0.25) is 0 Å². The third kappa shape index (κ3) is 6.12. The molecule has 148 valence electrons. The quantitative estimate of drug-likeness (QED) is 0.487. The summed E-state index contributed by atoms with van der Waals surface area (Å²) in [6, 6.07) is 13.8. The van der Waals surface area contributed by atoms with Crippen LogP contribution in [0, 0.1) is 0 Å². The third-order valence-corrected chi connectivity index (χ3v) is 4.00. The van der Waals surface area contributed by atoms with E-state index in [1.165, 1.54) is 11.8 Å². The number of carbonyl (C=O) groups is 3. The van der Waals surface area contributed by atoms with Crippen LogP contribution in [-0.4, -0.2) is 49.9 Å². The molecule has 0 unspecified atom stereocenters. The van der Waals surface area contributed by atoms with Crippen molar-refractivity contribution in [3.05, 3.63) is 59.7 Å². The lowest BCUT2D eigenvalue weighted by Gasteiger charge is -2.18. The molecule has 0 bridgehead atoms. The second-order valence-corrected chi connectivity index (χ2v) is 6.09. The zero-order chi connectivity index (χ0) is 20.5. The zero-order valence-electron chi connectivity index (χ0n) is 16.1. The van der Waals surface area contributed by atoms with Gasteiger partial charge in [-0.05, 0) is 37.3 Å². The standard InChI is InChI=1S/C21H23NO6/c1-15(23)16-8-10-18(11-9-16)27-14-21(25)28-13-20(24)22(2)12-17-6-4-5-7-19(17)26-3/h4-11H,12-14H2,1-3H3. The molecule has 0 N–H and O–H groups in total. The van der Waals surface area contributed by atoms with Crippen LogP contribution in [0.5, 0.6) is 11.5 Å². The van der Waals surface area contributed by atoms with Crippen molar-refractivity contribution >= 4 is 17.7 Å². The lowest BCUT2D eigenvalue weighted by Crippen LogP contribution is -2.31. The van der Waals surface area contributed by atoms with E-state index in [9.17, 15) is 14.4 Å². The van der Waals surface area contributed by atoms with E-state index >= 15 is 0 Å². The van der Waals surface area contributed by atoms with Gasteiger partial charge in [0, 0.05) is 24.7 Å². The molecule has 2 aromatic rings. The maximum Gasteiger partial charge on any atom is 0.344 e. The van der Waals surface area contributed by atoms with Crippen molar-refractivity contribution in [3.8, 4) is 11.5 Å². The average Bonchev–Trinajstić information content (AvgIpc) is 2.71. The number of carbonyl (C=O) groups excluding carboxylic acids is 3.